The first-order valence-corrected chi connectivity index (χ1v) is 9.18. The third-order valence-electron chi connectivity index (χ3n) is 4.65. The topological polar surface area (TPSA) is 88.9 Å². The van der Waals surface area contributed by atoms with Gasteiger partial charge in [-0.1, -0.05) is 19.3 Å². The van der Waals surface area contributed by atoms with E-state index >= 15 is 0 Å². The predicted molar refractivity (Wildman–Crippen MR) is 98.4 cm³/mol. The molecule has 7 heteroatoms. The Balaban J connectivity index is 1.40. The lowest BCUT2D eigenvalue weighted by Gasteiger charge is -2.20. The highest BCUT2D eigenvalue weighted by Crippen LogP contribution is 2.25. The molecule has 2 aromatic heterocycles. The van der Waals surface area contributed by atoms with E-state index in [0.717, 1.165) is 18.4 Å². The molecule has 1 aliphatic carbocycles. The minimum absolute atomic E-state index is 0.0250. The first kappa shape index (κ1) is 18.1. The summed E-state index contributed by atoms with van der Waals surface area (Å²) in [5, 5.41) is 9.73. The summed E-state index contributed by atoms with van der Waals surface area (Å²) >= 11 is 0. The Bertz CT molecular complexity index is 723. The number of hydrogen-bond acceptors (Lipinski definition) is 4. The van der Waals surface area contributed by atoms with Gasteiger partial charge >= 0.3 is 0 Å². The molecule has 138 valence electrons. The van der Waals surface area contributed by atoms with E-state index in [1.54, 1.807) is 29.3 Å². The van der Waals surface area contributed by atoms with Gasteiger partial charge in [-0.05, 0) is 36.5 Å². The number of pyridine rings is 1. The normalized spacial score (nSPS) is 14.8. The third kappa shape index (κ3) is 5.68. The number of nitrogens with zero attached hydrogens (tertiary/aromatic N) is 3. The number of amides is 2. The van der Waals surface area contributed by atoms with Crippen LogP contribution in [0.15, 0.2) is 36.8 Å². The van der Waals surface area contributed by atoms with Crippen molar-refractivity contribution in [2.75, 3.05) is 11.9 Å². The van der Waals surface area contributed by atoms with Crippen molar-refractivity contribution in [2.24, 2.45) is 5.92 Å². The zero-order valence-electron chi connectivity index (χ0n) is 14.9. The van der Waals surface area contributed by atoms with Crippen LogP contribution in [0.1, 0.15) is 44.1 Å². The Morgan fingerprint density at radius 3 is 2.62 bits per heavy atom. The van der Waals surface area contributed by atoms with Gasteiger partial charge in [0.25, 0.3) is 0 Å². The largest absolute Gasteiger partial charge is 0.347 e. The monoisotopic (exact) mass is 355 g/mol. The quantitative estimate of drug-likeness (QED) is 0.798. The van der Waals surface area contributed by atoms with Gasteiger partial charge in [-0.2, -0.15) is 5.10 Å². The molecule has 2 aromatic rings. The Hall–Kier alpha value is -2.70. The van der Waals surface area contributed by atoms with Crippen molar-refractivity contribution in [3.8, 4) is 0 Å². The molecule has 2 amide bonds. The number of carbonyl (C=O) groups is 2. The molecule has 0 radical (unpaired) electrons. The average molecular weight is 355 g/mol. The lowest BCUT2D eigenvalue weighted by molar-refractivity contribution is -0.125. The van der Waals surface area contributed by atoms with Gasteiger partial charge in [-0.25, -0.2) is 0 Å². The Morgan fingerprint density at radius 1 is 1.08 bits per heavy atom. The molecule has 3 rings (SSSR count). The number of hydrogen-bond donors (Lipinski definition) is 2. The molecule has 26 heavy (non-hydrogen) atoms. The number of nitrogens with one attached hydrogen (secondary N) is 2. The van der Waals surface area contributed by atoms with Crippen LogP contribution in [-0.4, -0.2) is 33.1 Å². The average Bonchev–Trinajstić information content (AvgIpc) is 3.08. The van der Waals surface area contributed by atoms with Crippen LogP contribution in [0, 0.1) is 5.92 Å². The zero-order valence-corrected chi connectivity index (χ0v) is 14.9. The molecule has 1 saturated carbocycles. The lowest BCUT2D eigenvalue weighted by Crippen LogP contribution is -2.34. The summed E-state index contributed by atoms with van der Waals surface area (Å²) in [6, 6.07) is 5.58. The highest BCUT2D eigenvalue weighted by atomic mass is 16.2. The van der Waals surface area contributed by atoms with E-state index in [1.807, 2.05) is 12.1 Å². The van der Waals surface area contributed by atoms with Gasteiger partial charge in [0.05, 0.1) is 13.1 Å². The molecule has 0 atom stereocenters. The van der Waals surface area contributed by atoms with Gasteiger partial charge in [0.1, 0.15) is 0 Å². The molecule has 0 aromatic carbocycles. The fourth-order valence-electron chi connectivity index (χ4n) is 3.28. The van der Waals surface area contributed by atoms with Crippen molar-refractivity contribution in [3.05, 3.63) is 42.4 Å². The van der Waals surface area contributed by atoms with Gasteiger partial charge in [-0.15, -0.1) is 0 Å². The van der Waals surface area contributed by atoms with Crippen LogP contribution >= 0.6 is 0 Å². The van der Waals surface area contributed by atoms with E-state index < -0.39 is 0 Å². The second-order valence-electron chi connectivity index (χ2n) is 6.79. The Morgan fingerprint density at radius 2 is 1.85 bits per heavy atom. The van der Waals surface area contributed by atoms with Crippen molar-refractivity contribution < 1.29 is 9.59 Å². The second kappa shape index (κ2) is 9.12. The van der Waals surface area contributed by atoms with Gasteiger partial charge < -0.3 is 10.6 Å². The molecule has 7 nitrogen and oxygen atoms in total. The van der Waals surface area contributed by atoms with E-state index in [0.29, 0.717) is 24.7 Å². The number of carbonyl (C=O) groups excluding carboxylic acids is 2. The van der Waals surface area contributed by atoms with E-state index in [4.69, 9.17) is 0 Å². The Labute approximate surface area is 153 Å². The molecule has 2 N–H and O–H groups in total. The summed E-state index contributed by atoms with van der Waals surface area (Å²) in [6.07, 6.45) is 11.7. The summed E-state index contributed by atoms with van der Waals surface area (Å²) in [4.78, 5) is 27.9. The van der Waals surface area contributed by atoms with Crippen molar-refractivity contribution in [1.29, 1.82) is 0 Å². The van der Waals surface area contributed by atoms with Crippen LogP contribution in [-0.2, 0) is 16.1 Å². The van der Waals surface area contributed by atoms with Crippen molar-refractivity contribution >= 4 is 17.6 Å². The zero-order chi connectivity index (χ0) is 18.2. The predicted octanol–water partition coefficient (Wildman–Crippen LogP) is 2.35. The molecule has 1 fully saturated rings. The molecule has 0 aliphatic heterocycles. The van der Waals surface area contributed by atoms with Crippen LogP contribution in [0.3, 0.4) is 0 Å². The molecular weight excluding hydrogens is 330 g/mol. The first-order chi connectivity index (χ1) is 12.7. The SMILES string of the molecule is O=C(CC1CCCCC1)NCC(=O)Nc1ccn(Cc2ccncc2)n1. The van der Waals surface area contributed by atoms with Gasteiger partial charge in [0.15, 0.2) is 5.82 Å². The summed E-state index contributed by atoms with van der Waals surface area (Å²) in [7, 11) is 0. The summed E-state index contributed by atoms with van der Waals surface area (Å²) in [5.41, 5.74) is 1.08. The lowest BCUT2D eigenvalue weighted by atomic mass is 9.87. The summed E-state index contributed by atoms with van der Waals surface area (Å²) < 4.78 is 1.74. The smallest absolute Gasteiger partial charge is 0.244 e. The summed E-state index contributed by atoms with van der Waals surface area (Å²) in [5.74, 6) is 0.632. The third-order valence-corrected chi connectivity index (χ3v) is 4.65. The molecule has 0 spiro atoms. The highest BCUT2D eigenvalue weighted by Gasteiger charge is 2.17. The number of anilines is 1. The number of aromatic nitrogens is 3. The maximum atomic E-state index is 12.0. The van der Waals surface area contributed by atoms with Crippen LogP contribution in [0.2, 0.25) is 0 Å². The van der Waals surface area contributed by atoms with Crippen LogP contribution in [0.5, 0.6) is 0 Å². The van der Waals surface area contributed by atoms with Crippen molar-refractivity contribution in [2.45, 2.75) is 45.1 Å². The molecular formula is C19H25N5O2. The maximum Gasteiger partial charge on any atom is 0.244 e. The molecule has 0 unspecified atom stereocenters. The van der Waals surface area contributed by atoms with Gasteiger partial charge in [0.2, 0.25) is 11.8 Å². The Kier molecular flexibility index (Phi) is 6.35. The molecule has 0 saturated heterocycles. The first-order valence-electron chi connectivity index (χ1n) is 9.18. The van der Waals surface area contributed by atoms with Crippen LogP contribution < -0.4 is 10.6 Å². The molecule has 0 bridgehead atoms. The standard InChI is InChI=1S/C19H25N5O2/c25-18(12-15-4-2-1-3-5-15)21-13-19(26)22-17-8-11-24(23-17)14-16-6-9-20-10-7-16/h6-11,15H,1-5,12-14H2,(H,21,25)(H,22,23,26). The van der Waals surface area contributed by atoms with Crippen LogP contribution in [0.4, 0.5) is 5.82 Å². The highest BCUT2D eigenvalue weighted by molar-refractivity contribution is 5.93. The number of rotatable bonds is 7. The van der Waals surface area contributed by atoms with Crippen molar-refractivity contribution in [3.63, 3.8) is 0 Å². The molecule has 1 aliphatic rings. The van der Waals surface area contributed by atoms with E-state index in [-0.39, 0.29) is 18.4 Å². The van der Waals surface area contributed by atoms with Gasteiger partial charge in [-0.3, -0.25) is 19.3 Å². The van der Waals surface area contributed by atoms with Crippen LogP contribution in [0.25, 0.3) is 0 Å². The van der Waals surface area contributed by atoms with E-state index in [1.165, 1.54) is 19.3 Å². The van der Waals surface area contributed by atoms with E-state index in [9.17, 15) is 9.59 Å². The maximum absolute atomic E-state index is 12.0. The fraction of sp³-hybridized carbons (Fsp3) is 0.474. The summed E-state index contributed by atoms with van der Waals surface area (Å²) in [6.45, 7) is 0.583. The van der Waals surface area contributed by atoms with Gasteiger partial charge in [0, 0.05) is 31.1 Å². The molecule has 2 heterocycles. The minimum Gasteiger partial charge on any atom is -0.347 e. The second-order valence-corrected chi connectivity index (χ2v) is 6.79. The van der Waals surface area contributed by atoms with Crippen molar-refractivity contribution in [1.82, 2.24) is 20.1 Å². The van der Waals surface area contributed by atoms with E-state index in [2.05, 4.69) is 20.7 Å². The fourth-order valence-corrected chi connectivity index (χ4v) is 3.28. The minimum atomic E-state index is -0.267.